The highest BCUT2D eigenvalue weighted by molar-refractivity contribution is 5.53. The second-order valence-corrected chi connectivity index (χ2v) is 11.0. The summed E-state index contributed by atoms with van der Waals surface area (Å²) in [4.78, 5) is 0. The van der Waals surface area contributed by atoms with Crippen LogP contribution in [0.4, 0.5) is 0 Å². The lowest BCUT2D eigenvalue weighted by atomic mass is 9.85. The van der Waals surface area contributed by atoms with Gasteiger partial charge < -0.3 is 9.84 Å². The molecule has 1 heterocycles. The van der Waals surface area contributed by atoms with Gasteiger partial charge in [0.25, 0.3) is 0 Å². The van der Waals surface area contributed by atoms with Crippen molar-refractivity contribution in [1.29, 1.82) is 0 Å². The summed E-state index contributed by atoms with van der Waals surface area (Å²) in [5.74, 6) is 3.98. The molecule has 0 saturated heterocycles. The van der Waals surface area contributed by atoms with E-state index in [1.165, 1.54) is 56.9 Å². The molecule has 1 aromatic carbocycles. The van der Waals surface area contributed by atoms with Crippen LogP contribution < -0.4 is 4.74 Å². The van der Waals surface area contributed by atoms with Gasteiger partial charge in [0.05, 0.1) is 0 Å². The van der Waals surface area contributed by atoms with Gasteiger partial charge in [0.15, 0.2) is 0 Å². The van der Waals surface area contributed by atoms with Crippen molar-refractivity contribution in [3.05, 3.63) is 22.8 Å². The molecular formula is C28H48O2. The first-order chi connectivity index (χ1) is 14.1. The zero-order valence-corrected chi connectivity index (χ0v) is 20.9. The molecule has 3 atom stereocenters. The van der Waals surface area contributed by atoms with Gasteiger partial charge in [0.1, 0.15) is 17.1 Å². The SMILES string of the molecule is Cc1c(O)cc2c(c1C)O[C@@](C)(CCC[C@H](C)CCC[C@H](C)CCCC(C)C)CC2. The van der Waals surface area contributed by atoms with Gasteiger partial charge in [-0.1, -0.05) is 72.6 Å². The molecule has 2 rings (SSSR count). The Morgan fingerprint density at radius 3 is 2.07 bits per heavy atom. The Hall–Kier alpha value is -1.18. The summed E-state index contributed by atoms with van der Waals surface area (Å²) >= 11 is 0. The van der Waals surface area contributed by atoms with E-state index in [4.69, 9.17) is 4.74 Å². The smallest absolute Gasteiger partial charge is 0.126 e. The van der Waals surface area contributed by atoms with E-state index in [1.54, 1.807) is 0 Å². The van der Waals surface area contributed by atoms with E-state index in [2.05, 4.69) is 41.5 Å². The fourth-order valence-electron chi connectivity index (χ4n) is 4.94. The molecule has 30 heavy (non-hydrogen) atoms. The molecule has 0 bridgehead atoms. The van der Waals surface area contributed by atoms with Crippen molar-refractivity contribution in [2.45, 2.75) is 125 Å². The maximum absolute atomic E-state index is 10.1. The van der Waals surface area contributed by atoms with Crippen LogP contribution in [0.25, 0.3) is 0 Å². The Bertz CT molecular complexity index is 663. The standard InChI is InChI=1S/C28H48O2/c1-20(2)11-8-12-21(3)13-9-14-22(4)15-10-17-28(7)18-16-25-19-26(29)23(5)24(6)27(25)30-28/h19-22,29H,8-18H2,1-7H3/t21-,22-,28+/m1/s1. The Morgan fingerprint density at radius 2 is 1.47 bits per heavy atom. The summed E-state index contributed by atoms with van der Waals surface area (Å²) in [7, 11) is 0. The van der Waals surface area contributed by atoms with Crippen LogP contribution in [-0.2, 0) is 6.42 Å². The second kappa shape index (κ2) is 11.4. The van der Waals surface area contributed by atoms with E-state index in [1.807, 2.05) is 13.0 Å². The Kier molecular flexibility index (Phi) is 9.57. The summed E-state index contributed by atoms with van der Waals surface area (Å²) in [6.45, 7) is 15.9. The number of hydrogen-bond acceptors (Lipinski definition) is 2. The molecule has 1 N–H and O–H groups in total. The quantitative estimate of drug-likeness (QED) is 0.370. The normalized spacial score (nSPS) is 20.7. The van der Waals surface area contributed by atoms with Gasteiger partial charge in [-0.2, -0.15) is 0 Å². The predicted octanol–water partition coefficient (Wildman–Crippen LogP) is 8.53. The monoisotopic (exact) mass is 416 g/mol. The van der Waals surface area contributed by atoms with E-state index in [0.717, 1.165) is 53.9 Å². The van der Waals surface area contributed by atoms with Crippen molar-refractivity contribution in [2.24, 2.45) is 17.8 Å². The molecule has 0 unspecified atom stereocenters. The molecule has 0 fully saturated rings. The summed E-state index contributed by atoms with van der Waals surface area (Å²) in [5.41, 5.74) is 3.16. The lowest BCUT2D eigenvalue weighted by molar-refractivity contribution is 0.0514. The molecule has 0 amide bonds. The Balaban J connectivity index is 1.69. The molecule has 0 spiro atoms. The topological polar surface area (TPSA) is 29.5 Å². The van der Waals surface area contributed by atoms with E-state index >= 15 is 0 Å². The molecular weight excluding hydrogens is 368 g/mol. The third kappa shape index (κ3) is 7.50. The molecule has 1 aliphatic rings. The number of benzene rings is 1. The van der Waals surface area contributed by atoms with E-state index < -0.39 is 0 Å². The number of aryl methyl sites for hydroxylation is 1. The number of rotatable bonds is 12. The summed E-state index contributed by atoms with van der Waals surface area (Å²) < 4.78 is 6.52. The third-order valence-electron chi connectivity index (χ3n) is 7.44. The van der Waals surface area contributed by atoms with Crippen molar-refractivity contribution in [3.63, 3.8) is 0 Å². The zero-order valence-electron chi connectivity index (χ0n) is 20.9. The van der Waals surface area contributed by atoms with Gasteiger partial charge in [-0.05, 0) is 87.0 Å². The molecule has 1 aromatic rings. The van der Waals surface area contributed by atoms with Crippen LogP contribution in [0.3, 0.4) is 0 Å². The molecule has 1 aliphatic heterocycles. The minimum absolute atomic E-state index is 0.0637. The van der Waals surface area contributed by atoms with Crippen molar-refractivity contribution in [3.8, 4) is 11.5 Å². The predicted molar refractivity (Wildman–Crippen MR) is 130 cm³/mol. The van der Waals surface area contributed by atoms with E-state index in [9.17, 15) is 5.11 Å². The number of phenols is 1. The highest BCUT2D eigenvalue weighted by Crippen LogP contribution is 2.42. The maximum Gasteiger partial charge on any atom is 0.126 e. The number of fused-ring (bicyclic) bond motifs is 1. The number of hydrogen-bond donors (Lipinski definition) is 1. The molecule has 2 nitrogen and oxygen atoms in total. The van der Waals surface area contributed by atoms with Crippen molar-refractivity contribution < 1.29 is 9.84 Å². The first kappa shape index (κ1) is 25.1. The van der Waals surface area contributed by atoms with E-state index in [0.29, 0.717) is 5.75 Å². The van der Waals surface area contributed by atoms with Gasteiger partial charge >= 0.3 is 0 Å². The zero-order chi connectivity index (χ0) is 22.3. The van der Waals surface area contributed by atoms with Crippen LogP contribution in [0.5, 0.6) is 11.5 Å². The van der Waals surface area contributed by atoms with Crippen LogP contribution in [0.1, 0.15) is 116 Å². The molecule has 2 heteroatoms. The first-order valence-electron chi connectivity index (χ1n) is 12.6. The maximum atomic E-state index is 10.1. The van der Waals surface area contributed by atoms with E-state index in [-0.39, 0.29) is 5.60 Å². The molecule has 0 saturated carbocycles. The second-order valence-electron chi connectivity index (χ2n) is 11.0. The average Bonchev–Trinajstić information content (AvgIpc) is 2.67. The minimum atomic E-state index is -0.0637. The van der Waals surface area contributed by atoms with Gasteiger partial charge in [0.2, 0.25) is 0 Å². The molecule has 0 radical (unpaired) electrons. The summed E-state index contributed by atoms with van der Waals surface area (Å²) in [6.07, 6.45) is 14.1. The highest BCUT2D eigenvalue weighted by Gasteiger charge is 2.33. The molecule has 0 aromatic heterocycles. The fraction of sp³-hybridized carbons (Fsp3) is 0.786. The van der Waals surface area contributed by atoms with Crippen LogP contribution in [0.15, 0.2) is 6.07 Å². The van der Waals surface area contributed by atoms with Crippen LogP contribution in [-0.4, -0.2) is 10.7 Å². The van der Waals surface area contributed by atoms with Gasteiger partial charge in [0, 0.05) is 0 Å². The summed E-state index contributed by atoms with van der Waals surface area (Å²) in [5, 5.41) is 10.1. The van der Waals surface area contributed by atoms with Gasteiger partial charge in [-0.15, -0.1) is 0 Å². The first-order valence-corrected chi connectivity index (χ1v) is 12.6. The van der Waals surface area contributed by atoms with Gasteiger partial charge in [-0.3, -0.25) is 0 Å². The highest BCUT2D eigenvalue weighted by atomic mass is 16.5. The number of ether oxygens (including phenoxy) is 1. The lowest BCUT2D eigenvalue weighted by Crippen LogP contribution is -2.36. The third-order valence-corrected chi connectivity index (χ3v) is 7.44. The fourth-order valence-corrected chi connectivity index (χ4v) is 4.94. The molecule has 0 aliphatic carbocycles. The average molecular weight is 417 g/mol. The molecule has 172 valence electrons. The van der Waals surface area contributed by atoms with Crippen molar-refractivity contribution >= 4 is 0 Å². The Morgan fingerprint density at radius 1 is 0.900 bits per heavy atom. The van der Waals surface area contributed by atoms with Crippen LogP contribution in [0.2, 0.25) is 0 Å². The van der Waals surface area contributed by atoms with Crippen molar-refractivity contribution in [1.82, 2.24) is 0 Å². The number of phenolic OH excluding ortho intramolecular Hbond substituents is 1. The van der Waals surface area contributed by atoms with Crippen molar-refractivity contribution in [2.75, 3.05) is 0 Å². The van der Waals surface area contributed by atoms with Crippen LogP contribution >= 0.6 is 0 Å². The Labute approximate surface area is 186 Å². The summed E-state index contributed by atoms with van der Waals surface area (Å²) in [6, 6.07) is 1.91. The van der Waals surface area contributed by atoms with Gasteiger partial charge in [-0.25, -0.2) is 0 Å². The minimum Gasteiger partial charge on any atom is -0.508 e. The largest absolute Gasteiger partial charge is 0.508 e. The number of aromatic hydroxyl groups is 1. The lowest BCUT2D eigenvalue weighted by Gasteiger charge is -2.37. The van der Waals surface area contributed by atoms with Crippen LogP contribution in [0, 0.1) is 31.6 Å².